The number of likely N-dealkylation sites (tertiary alicyclic amines) is 1. The molecule has 0 saturated carbocycles. The third-order valence-electron chi connectivity index (χ3n) is 6.14. The molecule has 9 nitrogen and oxygen atoms in total. The first kappa shape index (κ1) is 17.8. The molecule has 2 aromatic heterocycles. The van der Waals surface area contributed by atoms with Crippen LogP contribution in [0.1, 0.15) is 42.5 Å². The number of ether oxygens (including phenoxy) is 2. The molecule has 0 bridgehead atoms. The Morgan fingerprint density at radius 1 is 1.29 bits per heavy atom. The third kappa shape index (κ3) is 3.22. The van der Waals surface area contributed by atoms with E-state index < -0.39 is 0 Å². The van der Waals surface area contributed by atoms with E-state index >= 15 is 0 Å². The van der Waals surface area contributed by atoms with Crippen LogP contribution < -0.4 is 0 Å². The molecule has 5 heterocycles. The highest BCUT2D eigenvalue weighted by molar-refractivity contribution is 5.76. The Kier molecular flexibility index (Phi) is 4.43. The first-order valence-electron chi connectivity index (χ1n) is 10.0. The molecule has 1 spiro atoms. The lowest BCUT2D eigenvalue weighted by atomic mass is 9.97. The number of aryl methyl sites for hydroxylation is 1. The number of amides is 1. The van der Waals surface area contributed by atoms with Crippen LogP contribution in [0.4, 0.5) is 0 Å². The molecule has 3 aliphatic rings. The van der Waals surface area contributed by atoms with Crippen molar-refractivity contribution in [2.75, 3.05) is 26.3 Å². The summed E-state index contributed by atoms with van der Waals surface area (Å²) in [6.45, 7) is 6.25. The van der Waals surface area contributed by atoms with Gasteiger partial charge in [-0.05, 0) is 32.3 Å². The molecule has 0 aliphatic carbocycles. The van der Waals surface area contributed by atoms with Crippen LogP contribution in [0, 0.1) is 6.92 Å². The molecule has 150 valence electrons. The fourth-order valence-electron chi connectivity index (χ4n) is 4.53. The number of carbonyl (C=O) groups is 1. The molecule has 0 N–H and O–H groups in total. The van der Waals surface area contributed by atoms with Gasteiger partial charge in [0.1, 0.15) is 24.6 Å². The smallest absolute Gasteiger partial charge is 0.244 e. The van der Waals surface area contributed by atoms with Gasteiger partial charge in [0.05, 0.1) is 18.8 Å². The summed E-state index contributed by atoms with van der Waals surface area (Å²) in [5.74, 6) is 2.43. The number of carbonyl (C=O) groups excluding carboxylic acids is 1. The quantitative estimate of drug-likeness (QED) is 0.778. The molecule has 1 unspecified atom stereocenters. The molecule has 1 amide bonds. The van der Waals surface area contributed by atoms with E-state index in [0.717, 1.165) is 49.8 Å². The molecule has 2 fully saturated rings. The van der Waals surface area contributed by atoms with Gasteiger partial charge in [-0.25, -0.2) is 0 Å². The number of hydrogen-bond donors (Lipinski definition) is 0. The van der Waals surface area contributed by atoms with Crippen molar-refractivity contribution in [1.29, 1.82) is 0 Å². The van der Waals surface area contributed by atoms with Gasteiger partial charge in [-0.1, -0.05) is 0 Å². The van der Waals surface area contributed by atoms with Gasteiger partial charge in [0.2, 0.25) is 5.91 Å². The second-order valence-electron chi connectivity index (χ2n) is 8.14. The molecule has 2 saturated heterocycles. The van der Waals surface area contributed by atoms with Crippen molar-refractivity contribution in [1.82, 2.24) is 29.4 Å². The third-order valence-corrected chi connectivity index (χ3v) is 6.14. The molecule has 3 aliphatic heterocycles. The lowest BCUT2D eigenvalue weighted by molar-refractivity contribution is -0.134. The minimum atomic E-state index is -0.342. The highest BCUT2D eigenvalue weighted by Gasteiger charge is 2.45. The summed E-state index contributed by atoms with van der Waals surface area (Å²) in [4.78, 5) is 14.6. The van der Waals surface area contributed by atoms with E-state index in [1.807, 2.05) is 24.1 Å². The fraction of sp³-hybridized carbons (Fsp3) is 0.684. The summed E-state index contributed by atoms with van der Waals surface area (Å²) in [7, 11) is 0. The maximum atomic E-state index is 12.7. The minimum Gasteiger partial charge on any atom is -0.381 e. The summed E-state index contributed by atoms with van der Waals surface area (Å²) in [5.41, 5.74) is 0.576. The van der Waals surface area contributed by atoms with Crippen molar-refractivity contribution in [2.24, 2.45) is 0 Å². The molecule has 1 atom stereocenters. The van der Waals surface area contributed by atoms with Crippen molar-refractivity contribution >= 4 is 5.91 Å². The van der Waals surface area contributed by atoms with Crippen LogP contribution in [0.3, 0.4) is 0 Å². The molecular formula is C19H26N6O3. The number of nitrogens with zero attached hydrogens (tertiary/aromatic N) is 6. The van der Waals surface area contributed by atoms with Crippen LogP contribution in [0.5, 0.6) is 0 Å². The van der Waals surface area contributed by atoms with E-state index in [2.05, 4.69) is 19.9 Å². The van der Waals surface area contributed by atoms with E-state index in [9.17, 15) is 4.79 Å². The lowest BCUT2D eigenvalue weighted by Gasteiger charge is -2.35. The molecule has 5 rings (SSSR count). The maximum Gasteiger partial charge on any atom is 0.244 e. The van der Waals surface area contributed by atoms with Crippen LogP contribution in [0.15, 0.2) is 12.3 Å². The van der Waals surface area contributed by atoms with Gasteiger partial charge in [-0.3, -0.25) is 9.48 Å². The zero-order valence-electron chi connectivity index (χ0n) is 16.2. The standard InChI is InChI=1S/C19H26N6O3/c1-14-2-6-24(22-14)10-17(26)23-7-5-19(12-23)13-25-16(11-28-19)20-21-18(25)15-3-8-27-9-4-15/h2,6,15H,3-5,7-13H2,1H3. The molecule has 0 aromatic carbocycles. The van der Waals surface area contributed by atoms with Gasteiger partial charge >= 0.3 is 0 Å². The highest BCUT2D eigenvalue weighted by Crippen LogP contribution is 2.35. The normalized spacial score (nSPS) is 25.4. The van der Waals surface area contributed by atoms with Crippen molar-refractivity contribution < 1.29 is 14.3 Å². The highest BCUT2D eigenvalue weighted by atomic mass is 16.5. The SMILES string of the molecule is Cc1ccn(CC(=O)N2CCC3(C2)Cn2c(nnc2C2CCOCC2)CO3)n1. The van der Waals surface area contributed by atoms with Gasteiger partial charge in [-0.15, -0.1) is 10.2 Å². The van der Waals surface area contributed by atoms with Crippen LogP contribution in [-0.4, -0.2) is 67.3 Å². The van der Waals surface area contributed by atoms with E-state index in [0.29, 0.717) is 32.2 Å². The van der Waals surface area contributed by atoms with Crippen molar-refractivity contribution in [3.05, 3.63) is 29.6 Å². The van der Waals surface area contributed by atoms with Crippen molar-refractivity contribution in [3.63, 3.8) is 0 Å². The lowest BCUT2D eigenvalue weighted by Crippen LogP contribution is -2.46. The topological polar surface area (TPSA) is 87.3 Å². The van der Waals surface area contributed by atoms with Gasteiger partial charge in [-0.2, -0.15) is 5.10 Å². The van der Waals surface area contributed by atoms with E-state index in [-0.39, 0.29) is 18.1 Å². The molecule has 2 aromatic rings. The number of rotatable bonds is 3. The maximum absolute atomic E-state index is 12.7. The average Bonchev–Trinajstić information content (AvgIpc) is 3.42. The first-order valence-corrected chi connectivity index (χ1v) is 10.0. The van der Waals surface area contributed by atoms with Gasteiger partial charge in [0, 0.05) is 31.9 Å². The largest absolute Gasteiger partial charge is 0.381 e. The molecule has 9 heteroatoms. The Labute approximate surface area is 163 Å². The Hall–Kier alpha value is -2.26. The monoisotopic (exact) mass is 386 g/mol. The van der Waals surface area contributed by atoms with Crippen molar-refractivity contribution in [2.45, 2.75) is 57.4 Å². The van der Waals surface area contributed by atoms with Crippen LogP contribution in [0.2, 0.25) is 0 Å². The zero-order chi connectivity index (χ0) is 19.1. The first-order chi connectivity index (χ1) is 13.6. The Bertz CT molecular complexity index is 871. The van der Waals surface area contributed by atoms with Crippen LogP contribution in [-0.2, 0) is 34.0 Å². The molecular weight excluding hydrogens is 360 g/mol. The average molecular weight is 386 g/mol. The van der Waals surface area contributed by atoms with Crippen LogP contribution in [0.25, 0.3) is 0 Å². The van der Waals surface area contributed by atoms with Gasteiger partial charge < -0.3 is 18.9 Å². The summed E-state index contributed by atoms with van der Waals surface area (Å²) >= 11 is 0. The summed E-state index contributed by atoms with van der Waals surface area (Å²) in [6.07, 6.45) is 4.65. The van der Waals surface area contributed by atoms with E-state index in [4.69, 9.17) is 9.47 Å². The van der Waals surface area contributed by atoms with Crippen molar-refractivity contribution in [3.8, 4) is 0 Å². The zero-order valence-corrected chi connectivity index (χ0v) is 16.2. The van der Waals surface area contributed by atoms with Gasteiger partial charge in [0.15, 0.2) is 5.82 Å². The Morgan fingerprint density at radius 2 is 2.14 bits per heavy atom. The number of hydrogen-bond acceptors (Lipinski definition) is 6. The number of aromatic nitrogens is 5. The van der Waals surface area contributed by atoms with Gasteiger partial charge in [0.25, 0.3) is 0 Å². The second-order valence-corrected chi connectivity index (χ2v) is 8.14. The molecule has 0 radical (unpaired) electrons. The summed E-state index contributed by atoms with van der Waals surface area (Å²) < 4.78 is 15.7. The Balaban J connectivity index is 1.29. The predicted molar refractivity (Wildman–Crippen MR) is 98.5 cm³/mol. The molecule has 28 heavy (non-hydrogen) atoms. The number of fused-ring (bicyclic) bond motifs is 1. The van der Waals surface area contributed by atoms with Crippen LogP contribution >= 0.6 is 0 Å². The predicted octanol–water partition coefficient (Wildman–Crippen LogP) is 0.879. The van der Waals surface area contributed by atoms with E-state index in [1.165, 1.54) is 0 Å². The Morgan fingerprint density at radius 3 is 2.93 bits per heavy atom. The fourth-order valence-corrected chi connectivity index (χ4v) is 4.53. The summed E-state index contributed by atoms with van der Waals surface area (Å²) in [5, 5.41) is 13.1. The summed E-state index contributed by atoms with van der Waals surface area (Å²) in [6, 6.07) is 1.91. The second kappa shape index (κ2) is 6.97. The minimum absolute atomic E-state index is 0.0859. The van der Waals surface area contributed by atoms with E-state index in [1.54, 1.807) is 4.68 Å².